The van der Waals surface area contributed by atoms with Crippen LogP contribution < -0.4 is 4.74 Å². The van der Waals surface area contributed by atoms with Gasteiger partial charge in [-0.05, 0) is 12.1 Å². The Bertz CT molecular complexity index is 390. The van der Waals surface area contributed by atoms with E-state index in [2.05, 4.69) is 4.74 Å². The normalized spacial score (nSPS) is 10.0. The van der Waals surface area contributed by atoms with Crippen LogP contribution in [0, 0.1) is 11.3 Å². The van der Waals surface area contributed by atoms with Gasteiger partial charge in [0.1, 0.15) is 6.07 Å². The number of nitriles is 1. The molecule has 0 N–H and O–H groups in total. The van der Waals surface area contributed by atoms with E-state index in [1.807, 2.05) is 0 Å². The second kappa shape index (κ2) is 4.45. The third-order valence-corrected chi connectivity index (χ3v) is 1.83. The second-order valence-electron chi connectivity index (χ2n) is 2.25. The first-order valence-electron chi connectivity index (χ1n) is 3.38. The first kappa shape index (κ1) is 11.0. The van der Waals surface area contributed by atoms with Crippen molar-refractivity contribution in [1.82, 2.24) is 0 Å². The highest BCUT2D eigenvalue weighted by atomic mass is 35.5. The van der Waals surface area contributed by atoms with E-state index < -0.39 is 6.61 Å². The van der Waals surface area contributed by atoms with E-state index in [-0.39, 0.29) is 21.4 Å². The van der Waals surface area contributed by atoms with E-state index in [0.29, 0.717) is 0 Å². The lowest BCUT2D eigenvalue weighted by Gasteiger charge is -2.08. The molecule has 6 heteroatoms. The summed E-state index contributed by atoms with van der Waals surface area (Å²) in [6.07, 6.45) is 0. The molecular formula is C8H3Cl2F2NO. The Morgan fingerprint density at radius 2 is 2.00 bits per heavy atom. The molecule has 1 aromatic carbocycles. The minimum Gasteiger partial charge on any atom is -0.432 e. The number of benzene rings is 1. The fraction of sp³-hybridized carbons (Fsp3) is 0.125. The van der Waals surface area contributed by atoms with Crippen LogP contribution >= 0.6 is 23.2 Å². The highest BCUT2D eigenvalue weighted by Gasteiger charge is 2.14. The fourth-order valence-electron chi connectivity index (χ4n) is 0.852. The Kier molecular flexibility index (Phi) is 3.50. The van der Waals surface area contributed by atoms with Gasteiger partial charge in [-0.3, -0.25) is 0 Å². The van der Waals surface area contributed by atoms with Crippen molar-refractivity contribution in [2.24, 2.45) is 0 Å². The number of ether oxygens (including phenoxy) is 1. The van der Waals surface area contributed by atoms with Gasteiger partial charge in [0.25, 0.3) is 0 Å². The largest absolute Gasteiger partial charge is 0.432 e. The minimum absolute atomic E-state index is 0.116. The van der Waals surface area contributed by atoms with Crippen LogP contribution in [0.2, 0.25) is 10.0 Å². The molecule has 0 aromatic heterocycles. The van der Waals surface area contributed by atoms with Gasteiger partial charge in [-0.1, -0.05) is 23.2 Å². The third-order valence-electron chi connectivity index (χ3n) is 1.34. The summed E-state index contributed by atoms with van der Waals surface area (Å²) in [4.78, 5) is 0. The quantitative estimate of drug-likeness (QED) is 0.790. The summed E-state index contributed by atoms with van der Waals surface area (Å²) in [6.45, 7) is -3.03. The first-order valence-corrected chi connectivity index (χ1v) is 4.14. The molecule has 74 valence electrons. The lowest BCUT2D eigenvalue weighted by atomic mass is 10.2. The summed E-state index contributed by atoms with van der Waals surface area (Å²) in [7, 11) is 0. The van der Waals surface area contributed by atoms with E-state index in [4.69, 9.17) is 28.5 Å². The summed E-state index contributed by atoms with van der Waals surface area (Å²) in [5.41, 5.74) is -0.122. The van der Waals surface area contributed by atoms with Gasteiger partial charge in [0.2, 0.25) is 0 Å². The molecule has 14 heavy (non-hydrogen) atoms. The molecule has 0 aliphatic rings. The van der Waals surface area contributed by atoms with Gasteiger partial charge in [0, 0.05) is 5.02 Å². The average molecular weight is 238 g/mol. The molecule has 2 nitrogen and oxygen atoms in total. The summed E-state index contributed by atoms with van der Waals surface area (Å²) < 4.78 is 27.9. The minimum atomic E-state index is -3.03. The molecule has 0 aliphatic heterocycles. The molecule has 0 fully saturated rings. The predicted molar refractivity (Wildman–Crippen MR) is 47.8 cm³/mol. The van der Waals surface area contributed by atoms with Crippen molar-refractivity contribution in [3.05, 3.63) is 27.7 Å². The Morgan fingerprint density at radius 1 is 1.36 bits per heavy atom. The molecule has 0 saturated carbocycles. The molecular weight excluding hydrogens is 235 g/mol. The van der Waals surface area contributed by atoms with Crippen molar-refractivity contribution in [2.75, 3.05) is 0 Å². The molecule has 1 aromatic rings. The molecule has 1 rings (SSSR count). The zero-order chi connectivity index (χ0) is 10.7. The van der Waals surface area contributed by atoms with Crippen LogP contribution in [0.1, 0.15) is 5.56 Å². The zero-order valence-electron chi connectivity index (χ0n) is 6.60. The number of hydrogen-bond acceptors (Lipinski definition) is 2. The van der Waals surface area contributed by atoms with Crippen molar-refractivity contribution in [2.45, 2.75) is 6.61 Å². The predicted octanol–water partition coefficient (Wildman–Crippen LogP) is 3.47. The SMILES string of the molecule is N#Cc1cc(Cl)cc(Cl)c1OC(F)F. The number of hydrogen-bond donors (Lipinski definition) is 0. The molecule has 0 atom stereocenters. The number of alkyl halides is 2. The van der Waals surface area contributed by atoms with Crippen LogP contribution in [0.3, 0.4) is 0 Å². The van der Waals surface area contributed by atoms with Gasteiger partial charge in [0.15, 0.2) is 5.75 Å². The Labute approximate surface area is 88.6 Å². The number of rotatable bonds is 2. The maximum atomic E-state index is 11.9. The van der Waals surface area contributed by atoms with Crippen LogP contribution in [0.4, 0.5) is 8.78 Å². The lowest BCUT2D eigenvalue weighted by Crippen LogP contribution is -2.04. The van der Waals surface area contributed by atoms with Gasteiger partial charge >= 0.3 is 6.61 Å². The topological polar surface area (TPSA) is 33.0 Å². The van der Waals surface area contributed by atoms with Gasteiger partial charge in [-0.2, -0.15) is 14.0 Å². The molecule has 0 aliphatic carbocycles. The molecule has 0 radical (unpaired) electrons. The van der Waals surface area contributed by atoms with Crippen molar-refractivity contribution in [1.29, 1.82) is 5.26 Å². The van der Waals surface area contributed by atoms with Crippen LogP contribution in [-0.2, 0) is 0 Å². The lowest BCUT2D eigenvalue weighted by molar-refractivity contribution is -0.0499. The fourth-order valence-corrected chi connectivity index (χ4v) is 1.39. The second-order valence-corrected chi connectivity index (χ2v) is 3.10. The molecule has 0 amide bonds. The summed E-state index contributed by atoms with van der Waals surface area (Å²) in [5.74, 6) is -0.353. The highest BCUT2D eigenvalue weighted by molar-refractivity contribution is 6.35. The molecule has 0 heterocycles. The zero-order valence-corrected chi connectivity index (χ0v) is 8.11. The van der Waals surface area contributed by atoms with E-state index >= 15 is 0 Å². The van der Waals surface area contributed by atoms with Crippen molar-refractivity contribution >= 4 is 23.2 Å². The van der Waals surface area contributed by atoms with Crippen LogP contribution in [0.25, 0.3) is 0 Å². The number of nitrogens with zero attached hydrogens (tertiary/aromatic N) is 1. The Morgan fingerprint density at radius 3 is 2.50 bits per heavy atom. The van der Waals surface area contributed by atoms with E-state index in [1.165, 1.54) is 12.1 Å². The van der Waals surface area contributed by atoms with Crippen molar-refractivity contribution < 1.29 is 13.5 Å². The standard InChI is InChI=1S/C8H3Cl2F2NO/c9-5-1-4(3-13)7(6(10)2-5)14-8(11)12/h1-2,8H. The first-order chi connectivity index (χ1) is 6.54. The average Bonchev–Trinajstić information content (AvgIpc) is 2.08. The summed E-state index contributed by atoms with van der Waals surface area (Å²) in [6, 6.07) is 4.08. The van der Waals surface area contributed by atoms with Gasteiger partial charge < -0.3 is 4.74 Å². The van der Waals surface area contributed by atoms with E-state index in [9.17, 15) is 8.78 Å². The summed E-state index contributed by atoms with van der Waals surface area (Å²) >= 11 is 11.1. The smallest absolute Gasteiger partial charge is 0.387 e. The Balaban J connectivity index is 3.20. The number of halogens is 4. The molecule has 0 unspecified atom stereocenters. The van der Waals surface area contributed by atoms with Gasteiger partial charge in [-0.15, -0.1) is 0 Å². The van der Waals surface area contributed by atoms with E-state index in [1.54, 1.807) is 6.07 Å². The van der Waals surface area contributed by atoms with Crippen molar-refractivity contribution in [3.63, 3.8) is 0 Å². The monoisotopic (exact) mass is 237 g/mol. The van der Waals surface area contributed by atoms with Crippen LogP contribution in [0.15, 0.2) is 12.1 Å². The van der Waals surface area contributed by atoms with Crippen LogP contribution in [0.5, 0.6) is 5.75 Å². The van der Waals surface area contributed by atoms with Crippen LogP contribution in [-0.4, -0.2) is 6.61 Å². The maximum Gasteiger partial charge on any atom is 0.387 e. The molecule has 0 bridgehead atoms. The molecule has 0 spiro atoms. The maximum absolute atomic E-state index is 11.9. The third kappa shape index (κ3) is 2.47. The Hall–Kier alpha value is -1.05. The van der Waals surface area contributed by atoms with Gasteiger partial charge in [-0.25, -0.2) is 0 Å². The summed E-state index contributed by atoms with van der Waals surface area (Å²) in [5, 5.41) is 8.66. The molecule has 0 saturated heterocycles. The van der Waals surface area contributed by atoms with Crippen molar-refractivity contribution in [3.8, 4) is 11.8 Å². The van der Waals surface area contributed by atoms with Gasteiger partial charge in [0.05, 0.1) is 10.6 Å². The highest BCUT2D eigenvalue weighted by Crippen LogP contribution is 2.32. The van der Waals surface area contributed by atoms with E-state index in [0.717, 1.165) is 0 Å².